The van der Waals surface area contributed by atoms with Crippen molar-refractivity contribution in [2.24, 2.45) is 43.3 Å². The zero-order chi connectivity index (χ0) is 25.9. The fourth-order valence-corrected chi connectivity index (χ4v) is 6.93. The lowest BCUT2D eigenvalue weighted by atomic mass is 9.36. The predicted molar refractivity (Wildman–Crippen MR) is 148 cm³/mol. The van der Waals surface area contributed by atoms with Gasteiger partial charge in [0.1, 0.15) is 0 Å². The minimum absolute atomic E-state index is 0.00894. The summed E-state index contributed by atoms with van der Waals surface area (Å²) in [5, 5.41) is 0. The monoisotopic (exact) mass is 500 g/mol. The Morgan fingerprint density at radius 1 is 0.419 bits per heavy atom. The topological polar surface area (TPSA) is 0 Å². The Labute approximate surface area is 207 Å². The quantitative estimate of drug-likeness (QED) is 0.276. The van der Waals surface area contributed by atoms with Crippen LogP contribution in [0.3, 0.4) is 0 Å². The average Bonchev–Trinajstić information content (AvgIpc) is 2.52. The molecule has 0 spiro atoms. The molecule has 0 bridgehead atoms. The molecule has 0 aliphatic heterocycles. The maximum Gasteiger partial charge on any atom is 0.0334 e. The van der Waals surface area contributed by atoms with Crippen molar-refractivity contribution in [3.63, 3.8) is 0 Å². The maximum absolute atomic E-state index is 4.26. The van der Waals surface area contributed by atoms with Crippen LogP contribution in [0.25, 0.3) is 0 Å². The molecule has 0 aliphatic carbocycles. The highest BCUT2D eigenvalue weighted by Crippen LogP contribution is 2.72. The van der Waals surface area contributed by atoms with E-state index in [-0.39, 0.29) is 47.6 Å². The van der Waals surface area contributed by atoms with Crippen molar-refractivity contribution in [2.75, 3.05) is 0 Å². The average molecular weight is 502 g/mol. The SMILES string of the molecule is CCCC(C)(C)C(C)(C)C(C)(C)C(C)(C)C(C)(C)C(C)(C)C(C)(C)C(C)(Br)C(C)(C)C. The van der Waals surface area contributed by atoms with Gasteiger partial charge in [0.2, 0.25) is 0 Å². The van der Waals surface area contributed by atoms with Crippen LogP contribution >= 0.6 is 15.9 Å². The molecular weight excluding hydrogens is 440 g/mol. The van der Waals surface area contributed by atoms with Gasteiger partial charge in [-0.25, -0.2) is 0 Å². The minimum atomic E-state index is -0.00894. The van der Waals surface area contributed by atoms with Gasteiger partial charge in [-0.2, -0.15) is 0 Å². The molecule has 1 atom stereocenters. The third-order valence-corrected chi connectivity index (χ3v) is 15.1. The van der Waals surface area contributed by atoms with E-state index in [1.54, 1.807) is 0 Å². The second-order valence-corrected chi connectivity index (χ2v) is 17.2. The Hall–Kier alpha value is 0.480. The van der Waals surface area contributed by atoms with Crippen LogP contribution in [0.1, 0.15) is 144 Å². The number of halogens is 1. The van der Waals surface area contributed by atoms with E-state index in [9.17, 15) is 0 Å². The highest BCUT2D eigenvalue weighted by molar-refractivity contribution is 9.10. The van der Waals surface area contributed by atoms with Gasteiger partial charge in [0.25, 0.3) is 0 Å². The summed E-state index contributed by atoms with van der Waals surface area (Å²) in [6.07, 6.45) is 2.50. The van der Waals surface area contributed by atoms with E-state index in [1.807, 2.05) is 0 Å². The fourth-order valence-electron chi connectivity index (χ4n) is 6.43. The highest BCUT2D eigenvalue weighted by atomic mass is 79.9. The van der Waals surface area contributed by atoms with Crippen LogP contribution in [0.15, 0.2) is 0 Å². The van der Waals surface area contributed by atoms with Crippen LogP contribution in [0.2, 0.25) is 0 Å². The van der Waals surface area contributed by atoms with Gasteiger partial charge in [0.15, 0.2) is 0 Å². The van der Waals surface area contributed by atoms with Crippen LogP contribution in [-0.4, -0.2) is 4.32 Å². The van der Waals surface area contributed by atoms with E-state index in [4.69, 9.17) is 0 Å². The summed E-state index contributed by atoms with van der Waals surface area (Å²) in [5.74, 6) is 0. The molecule has 0 radical (unpaired) electrons. The summed E-state index contributed by atoms with van der Waals surface area (Å²) in [7, 11) is 0. The van der Waals surface area contributed by atoms with E-state index in [0.29, 0.717) is 0 Å². The summed E-state index contributed by atoms with van der Waals surface area (Å²) in [4.78, 5) is 0. The smallest absolute Gasteiger partial charge is 0.0334 e. The van der Waals surface area contributed by atoms with Gasteiger partial charge in [0, 0.05) is 4.32 Å². The van der Waals surface area contributed by atoms with Crippen molar-refractivity contribution in [2.45, 2.75) is 149 Å². The van der Waals surface area contributed by atoms with Crippen molar-refractivity contribution in [3.05, 3.63) is 0 Å². The first-order valence-corrected chi connectivity index (χ1v) is 13.5. The molecule has 0 heterocycles. The molecule has 0 aromatic heterocycles. The summed E-state index contributed by atoms with van der Waals surface area (Å²) in [6.45, 7) is 47.2. The van der Waals surface area contributed by atoms with E-state index in [1.165, 1.54) is 12.8 Å². The Morgan fingerprint density at radius 3 is 0.935 bits per heavy atom. The molecule has 188 valence electrons. The van der Waals surface area contributed by atoms with Crippen LogP contribution < -0.4 is 0 Å². The van der Waals surface area contributed by atoms with Gasteiger partial charge in [-0.1, -0.05) is 147 Å². The van der Waals surface area contributed by atoms with E-state index in [0.717, 1.165) is 0 Å². The second-order valence-electron chi connectivity index (χ2n) is 15.6. The molecule has 0 aromatic carbocycles. The third-order valence-electron chi connectivity index (χ3n) is 13.0. The lowest BCUT2D eigenvalue weighted by Crippen LogP contribution is -2.65. The molecule has 31 heavy (non-hydrogen) atoms. The fraction of sp³-hybridized carbons (Fsp3) is 1.00. The van der Waals surface area contributed by atoms with E-state index < -0.39 is 0 Å². The molecule has 0 nitrogen and oxygen atoms in total. The lowest BCUT2D eigenvalue weighted by Gasteiger charge is -2.70. The number of alkyl halides is 1. The number of rotatable bonds is 9. The molecular formula is C30H61Br. The molecule has 0 N–H and O–H groups in total. The number of hydrogen-bond donors (Lipinski definition) is 0. The third kappa shape index (κ3) is 4.23. The zero-order valence-electron chi connectivity index (χ0n) is 25.3. The maximum atomic E-state index is 4.26. The van der Waals surface area contributed by atoms with Crippen LogP contribution in [0.4, 0.5) is 0 Å². The first-order chi connectivity index (χ1) is 13.1. The Kier molecular flexibility index (Phi) is 8.43. The Morgan fingerprint density at radius 2 is 0.677 bits per heavy atom. The number of hydrogen-bond acceptors (Lipinski definition) is 0. The molecule has 1 heteroatoms. The van der Waals surface area contributed by atoms with E-state index >= 15 is 0 Å². The molecule has 0 aliphatic rings. The summed E-state index contributed by atoms with van der Waals surface area (Å²) >= 11 is 4.26. The van der Waals surface area contributed by atoms with Crippen molar-refractivity contribution >= 4 is 15.9 Å². The highest BCUT2D eigenvalue weighted by Gasteiger charge is 2.66. The van der Waals surface area contributed by atoms with Gasteiger partial charge in [0.05, 0.1) is 0 Å². The minimum Gasteiger partial charge on any atom is -0.0845 e. The summed E-state index contributed by atoms with van der Waals surface area (Å²) in [6, 6.07) is 0. The van der Waals surface area contributed by atoms with Gasteiger partial charge in [-0.3, -0.25) is 0 Å². The Bertz CT molecular complexity index is 615. The lowest BCUT2D eigenvalue weighted by molar-refractivity contribution is -0.203. The molecule has 0 aromatic rings. The first-order valence-electron chi connectivity index (χ1n) is 12.7. The van der Waals surface area contributed by atoms with E-state index in [2.05, 4.69) is 147 Å². The van der Waals surface area contributed by atoms with Gasteiger partial charge >= 0.3 is 0 Å². The normalized spacial score (nSPS) is 18.2. The summed E-state index contributed by atoms with van der Waals surface area (Å²) in [5.41, 5.74) is 1.01. The zero-order valence-corrected chi connectivity index (χ0v) is 26.9. The van der Waals surface area contributed by atoms with Gasteiger partial charge in [-0.05, 0) is 56.7 Å². The Balaban J connectivity index is 6.84. The molecule has 0 saturated carbocycles. The molecule has 0 rings (SSSR count). The molecule has 0 fully saturated rings. The van der Waals surface area contributed by atoms with Crippen LogP contribution in [0.5, 0.6) is 0 Å². The van der Waals surface area contributed by atoms with Crippen molar-refractivity contribution in [3.8, 4) is 0 Å². The molecule has 1 unspecified atom stereocenters. The largest absolute Gasteiger partial charge is 0.0845 e. The predicted octanol–water partition coefficient (Wildman–Crippen LogP) is 11.2. The van der Waals surface area contributed by atoms with Crippen LogP contribution in [-0.2, 0) is 0 Å². The van der Waals surface area contributed by atoms with Crippen molar-refractivity contribution in [1.82, 2.24) is 0 Å². The first kappa shape index (κ1) is 31.5. The molecule has 0 amide bonds. The molecule has 0 saturated heterocycles. The standard InChI is InChI=1S/C30H61Br/c1-20-21-23(5,6)24(7,8)25(9,10)26(11,12)27(13,14)28(15,16)29(17,18)30(19,31)22(2,3)4/h20-21H2,1-19H3. The van der Waals surface area contributed by atoms with Crippen LogP contribution in [0, 0.1) is 43.3 Å². The van der Waals surface area contributed by atoms with Crippen molar-refractivity contribution < 1.29 is 0 Å². The van der Waals surface area contributed by atoms with Gasteiger partial charge in [-0.15, -0.1) is 0 Å². The van der Waals surface area contributed by atoms with Gasteiger partial charge < -0.3 is 0 Å². The van der Waals surface area contributed by atoms with Crippen molar-refractivity contribution in [1.29, 1.82) is 0 Å². The summed E-state index contributed by atoms with van der Waals surface area (Å²) < 4.78 is -0.00894. The second kappa shape index (κ2) is 8.30.